The van der Waals surface area contributed by atoms with E-state index in [0.717, 1.165) is 22.5 Å². The van der Waals surface area contributed by atoms with Crippen molar-refractivity contribution in [1.82, 2.24) is 4.57 Å². The van der Waals surface area contributed by atoms with E-state index in [-0.39, 0.29) is 17.0 Å². The van der Waals surface area contributed by atoms with Crippen molar-refractivity contribution < 1.29 is 31.0 Å². The Morgan fingerprint density at radius 2 is 1.34 bits per heavy atom. The van der Waals surface area contributed by atoms with E-state index >= 15 is 0 Å². The third-order valence-corrected chi connectivity index (χ3v) is 4.78. The number of hydrogen-bond donors (Lipinski definition) is 1. The number of hydrogen-bond acceptors (Lipinski definition) is 3. The predicted molar refractivity (Wildman–Crippen MR) is 110 cm³/mol. The van der Waals surface area contributed by atoms with Crippen molar-refractivity contribution in [2.24, 2.45) is 0 Å². The molecule has 0 atom stereocenters. The average Bonchev–Trinajstić information content (AvgIpc) is 2.98. The fraction of sp³-hybridized carbons (Fsp3) is 0.174. The Hall–Kier alpha value is -2.99. The number of benzene rings is 3. The smallest absolute Gasteiger partial charge is 0.361 e. The van der Waals surface area contributed by atoms with Crippen molar-refractivity contribution in [1.29, 1.82) is 0 Å². The Morgan fingerprint density at radius 1 is 0.793 bits per heavy atom. The van der Waals surface area contributed by atoms with Crippen LogP contribution in [0, 0.1) is 13.8 Å². The topological polar surface area (TPSA) is 53.3 Å². The number of nitrogens with zero attached hydrogens (tertiary/aromatic N) is 2. The number of ether oxygens (including phenoxy) is 2. The predicted octanol–water partition coefficient (Wildman–Crippen LogP) is 1.20. The Kier molecular flexibility index (Phi) is 6.44. The zero-order valence-corrected chi connectivity index (χ0v) is 18.1. The molecule has 5 nitrogen and oxygen atoms in total. The van der Waals surface area contributed by atoms with Crippen molar-refractivity contribution in [3.8, 4) is 11.5 Å². The van der Waals surface area contributed by atoms with Crippen LogP contribution < -0.4 is 36.8 Å². The van der Waals surface area contributed by atoms with Crippen LogP contribution in [-0.4, -0.2) is 4.57 Å². The van der Waals surface area contributed by atoms with Gasteiger partial charge in [-0.3, -0.25) is 5.73 Å². The van der Waals surface area contributed by atoms with E-state index in [0.29, 0.717) is 19.4 Å². The molecule has 3 aromatic carbocycles. The van der Waals surface area contributed by atoms with Crippen LogP contribution in [-0.2, 0) is 13.5 Å². The van der Waals surface area contributed by atoms with Gasteiger partial charge in [0.05, 0.1) is 0 Å². The number of halogens is 1. The first-order chi connectivity index (χ1) is 13.6. The minimum atomic E-state index is 0. The van der Waals surface area contributed by atoms with Crippen LogP contribution in [0.25, 0.3) is 11.0 Å². The second kappa shape index (κ2) is 9.01. The monoisotopic (exact) mass is 453 g/mol. The molecule has 1 heterocycles. The van der Waals surface area contributed by atoms with E-state index in [1.807, 2.05) is 81.9 Å². The first-order valence-corrected chi connectivity index (χ1v) is 9.27. The van der Waals surface area contributed by atoms with E-state index in [1.54, 1.807) is 0 Å². The summed E-state index contributed by atoms with van der Waals surface area (Å²) in [5, 5.41) is 0. The molecular formula is C23H24BrN3O2. The molecule has 0 saturated carbocycles. The quantitative estimate of drug-likeness (QED) is 0.446. The zero-order chi connectivity index (χ0) is 19.5. The van der Waals surface area contributed by atoms with Crippen molar-refractivity contribution in [3.63, 3.8) is 0 Å². The molecular weight excluding hydrogens is 430 g/mol. The first kappa shape index (κ1) is 20.7. The van der Waals surface area contributed by atoms with Gasteiger partial charge in [0.25, 0.3) is 0 Å². The Balaban J connectivity index is 0.00000240. The average molecular weight is 454 g/mol. The van der Waals surface area contributed by atoms with Gasteiger partial charge in [-0.2, -0.15) is 9.13 Å². The summed E-state index contributed by atoms with van der Waals surface area (Å²) in [7, 11) is 0. The van der Waals surface area contributed by atoms with Crippen LogP contribution in [0.2, 0.25) is 0 Å². The maximum Gasteiger partial charge on any atom is 0.361 e. The molecule has 0 aliphatic rings. The van der Waals surface area contributed by atoms with Gasteiger partial charge in [-0.1, -0.05) is 47.5 Å². The van der Waals surface area contributed by atoms with Crippen molar-refractivity contribution in [2.45, 2.75) is 27.3 Å². The maximum absolute atomic E-state index is 6.46. The second-order valence-corrected chi connectivity index (χ2v) is 6.88. The highest BCUT2D eigenvalue weighted by Crippen LogP contribution is 2.19. The fourth-order valence-electron chi connectivity index (χ4n) is 3.13. The standard InChI is InChI=1S/C23H23N3O2.BrH/c1-17-7-11-19(12-8-17)27-15-25-21-5-3-4-6-22(21)26(23(25)24)16-28-20-13-9-18(2)10-14-20;/h3-14,24H,15-16H2,1-2H3;1H. The first-order valence-electron chi connectivity index (χ1n) is 9.27. The van der Waals surface area contributed by atoms with Gasteiger partial charge < -0.3 is 26.5 Å². The van der Waals surface area contributed by atoms with E-state index in [2.05, 4.69) is 13.8 Å². The number of rotatable bonds is 6. The van der Waals surface area contributed by atoms with Crippen LogP contribution in [0.1, 0.15) is 11.1 Å². The maximum atomic E-state index is 6.46. The number of anilines is 1. The summed E-state index contributed by atoms with van der Waals surface area (Å²) in [5.74, 6) is 2.20. The van der Waals surface area contributed by atoms with Crippen LogP contribution in [0.15, 0.2) is 72.8 Å². The molecule has 0 amide bonds. The summed E-state index contributed by atoms with van der Waals surface area (Å²) in [6.07, 6.45) is 0. The van der Waals surface area contributed by atoms with Crippen LogP contribution in [0.5, 0.6) is 11.5 Å². The van der Waals surface area contributed by atoms with Crippen LogP contribution >= 0.6 is 0 Å². The van der Waals surface area contributed by atoms with Crippen molar-refractivity contribution in [2.75, 3.05) is 5.73 Å². The van der Waals surface area contributed by atoms with Gasteiger partial charge in [0.1, 0.15) is 22.5 Å². The molecule has 0 fully saturated rings. The molecule has 0 aliphatic heterocycles. The molecule has 4 rings (SSSR count). The molecule has 2 N–H and O–H groups in total. The van der Waals surface area contributed by atoms with Gasteiger partial charge in [-0.05, 0) is 50.2 Å². The summed E-state index contributed by atoms with van der Waals surface area (Å²) in [4.78, 5) is 0. The molecule has 0 aliphatic carbocycles. The molecule has 0 radical (unpaired) electrons. The highest BCUT2D eigenvalue weighted by molar-refractivity contribution is 5.73. The largest absolute Gasteiger partial charge is 1.00 e. The number of nitrogen functional groups attached to an aromatic ring is 1. The molecule has 0 saturated heterocycles. The Labute approximate surface area is 181 Å². The minimum Gasteiger partial charge on any atom is -1.00 e. The van der Waals surface area contributed by atoms with Gasteiger partial charge >= 0.3 is 5.95 Å². The molecule has 150 valence electrons. The van der Waals surface area contributed by atoms with E-state index in [4.69, 9.17) is 15.2 Å². The van der Waals surface area contributed by atoms with E-state index in [9.17, 15) is 0 Å². The molecule has 0 unspecified atom stereocenters. The molecule has 0 bridgehead atoms. The van der Waals surface area contributed by atoms with Gasteiger partial charge in [-0.15, -0.1) is 0 Å². The SMILES string of the molecule is Cc1ccc(OCn2c(N)[n+](COc3ccc(C)cc3)c3ccccc32)cc1.[Br-]. The zero-order valence-electron chi connectivity index (χ0n) is 16.5. The number of aromatic nitrogens is 2. The summed E-state index contributed by atoms with van der Waals surface area (Å²) >= 11 is 0. The third kappa shape index (κ3) is 4.54. The lowest BCUT2D eigenvalue weighted by Gasteiger charge is -2.07. The fourth-order valence-corrected chi connectivity index (χ4v) is 3.13. The Morgan fingerprint density at radius 3 is 1.97 bits per heavy atom. The van der Waals surface area contributed by atoms with Gasteiger partial charge in [0.15, 0.2) is 0 Å². The molecule has 4 aromatic rings. The lowest BCUT2D eigenvalue weighted by atomic mass is 10.2. The highest BCUT2D eigenvalue weighted by atomic mass is 79.9. The normalized spacial score (nSPS) is 10.6. The Bertz CT molecular complexity index is 1000. The van der Waals surface area contributed by atoms with Crippen LogP contribution in [0.3, 0.4) is 0 Å². The number of nitrogens with two attached hydrogens (primary N) is 1. The van der Waals surface area contributed by atoms with Crippen molar-refractivity contribution >= 4 is 17.0 Å². The number of para-hydroxylation sites is 2. The van der Waals surface area contributed by atoms with Gasteiger partial charge in [-0.25, -0.2) is 0 Å². The second-order valence-electron chi connectivity index (χ2n) is 6.88. The number of aryl methyl sites for hydroxylation is 2. The summed E-state index contributed by atoms with van der Waals surface area (Å²) in [5.41, 5.74) is 10.9. The summed E-state index contributed by atoms with van der Waals surface area (Å²) in [6, 6.07) is 24.0. The van der Waals surface area contributed by atoms with Crippen molar-refractivity contribution in [3.05, 3.63) is 83.9 Å². The van der Waals surface area contributed by atoms with Crippen LogP contribution in [0.4, 0.5) is 5.95 Å². The van der Waals surface area contributed by atoms with Gasteiger partial charge in [0.2, 0.25) is 13.5 Å². The molecule has 0 spiro atoms. The molecule has 1 aromatic heterocycles. The number of fused-ring (bicyclic) bond motifs is 1. The van der Waals surface area contributed by atoms with E-state index in [1.165, 1.54) is 11.1 Å². The summed E-state index contributed by atoms with van der Waals surface area (Å²) in [6.45, 7) is 4.76. The lowest BCUT2D eigenvalue weighted by Crippen LogP contribution is -3.00. The lowest BCUT2D eigenvalue weighted by molar-refractivity contribution is -0.687. The van der Waals surface area contributed by atoms with Gasteiger partial charge in [0, 0.05) is 0 Å². The van der Waals surface area contributed by atoms with E-state index < -0.39 is 0 Å². The summed E-state index contributed by atoms with van der Waals surface area (Å²) < 4.78 is 15.8. The number of imidazole rings is 1. The molecule has 6 heteroatoms. The molecule has 29 heavy (non-hydrogen) atoms. The third-order valence-electron chi connectivity index (χ3n) is 4.78. The minimum absolute atomic E-state index is 0. The highest BCUT2D eigenvalue weighted by Gasteiger charge is 2.21.